The van der Waals surface area contributed by atoms with Gasteiger partial charge in [-0.15, -0.1) is 0 Å². The molecule has 1 aliphatic rings. The lowest BCUT2D eigenvalue weighted by Gasteiger charge is -2.43. The number of nitrogens with two attached hydrogens (primary N) is 1. The number of carbonyl (C=O) groups is 1. The van der Waals surface area contributed by atoms with Crippen LogP contribution in [0, 0.1) is 0 Å². The molecular weight excluding hydrogens is 228 g/mol. The van der Waals surface area contributed by atoms with Gasteiger partial charge in [0.15, 0.2) is 9.84 Å². The Morgan fingerprint density at radius 3 is 2.19 bits per heavy atom. The maximum Gasteiger partial charge on any atom is 0.241 e. The Bertz CT molecular complexity index is 377. The van der Waals surface area contributed by atoms with E-state index in [4.69, 9.17) is 5.73 Å². The maximum absolute atomic E-state index is 11.9. The van der Waals surface area contributed by atoms with Crippen LogP contribution >= 0.6 is 0 Å². The summed E-state index contributed by atoms with van der Waals surface area (Å²) in [6.07, 6.45) is 3.75. The number of nitrogens with one attached hydrogen (secondary N) is 1. The minimum Gasteiger partial charge on any atom is -0.348 e. The summed E-state index contributed by atoms with van der Waals surface area (Å²) in [7, 11) is -3.42. The van der Waals surface area contributed by atoms with Gasteiger partial charge in [-0.2, -0.15) is 0 Å². The highest BCUT2D eigenvalue weighted by molar-refractivity contribution is 7.92. The molecule has 1 fully saturated rings. The average Bonchev–Trinajstić information content (AvgIpc) is 2.08. The molecule has 0 radical (unpaired) electrons. The van der Waals surface area contributed by atoms with Crippen molar-refractivity contribution in [1.82, 2.24) is 5.32 Å². The molecule has 0 heterocycles. The number of carbonyl (C=O) groups excluding carboxylic acids is 1. The molecule has 16 heavy (non-hydrogen) atoms. The van der Waals surface area contributed by atoms with Gasteiger partial charge in [0.05, 0.1) is 5.54 Å². The van der Waals surface area contributed by atoms with Crippen LogP contribution in [-0.2, 0) is 14.6 Å². The van der Waals surface area contributed by atoms with Crippen molar-refractivity contribution in [1.29, 1.82) is 0 Å². The summed E-state index contributed by atoms with van der Waals surface area (Å²) < 4.78 is 21.6. The first-order valence-electron chi connectivity index (χ1n) is 5.37. The van der Waals surface area contributed by atoms with Crippen molar-refractivity contribution in [2.24, 2.45) is 5.73 Å². The van der Waals surface area contributed by atoms with Crippen LogP contribution in [0.4, 0.5) is 0 Å². The van der Waals surface area contributed by atoms with E-state index in [1.807, 2.05) is 0 Å². The third-order valence-corrected chi connectivity index (χ3v) is 5.59. The smallest absolute Gasteiger partial charge is 0.241 e. The molecule has 6 heteroatoms. The van der Waals surface area contributed by atoms with Crippen molar-refractivity contribution in [2.75, 3.05) is 12.8 Å². The Hall–Kier alpha value is -0.620. The fraction of sp³-hybridized carbons (Fsp3) is 0.900. The molecular formula is C10H20N2O3S. The van der Waals surface area contributed by atoms with Gasteiger partial charge in [-0.25, -0.2) is 8.42 Å². The summed E-state index contributed by atoms with van der Waals surface area (Å²) in [6, 6.07) is 0. The van der Waals surface area contributed by atoms with E-state index in [9.17, 15) is 13.2 Å². The molecule has 1 amide bonds. The zero-order valence-electron chi connectivity index (χ0n) is 10.0. The van der Waals surface area contributed by atoms with Crippen molar-refractivity contribution >= 4 is 15.7 Å². The van der Waals surface area contributed by atoms with Crippen molar-refractivity contribution in [3.63, 3.8) is 0 Å². The quantitative estimate of drug-likeness (QED) is 0.721. The van der Waals surface area contributed by atoms with Crippen molar-refractivity contribution in [2.45, 2.75) is 43.4 Å². The standard InChI is InChI=1S/C10H20N2O3S/c1-9(2,16(3,14)15)8(13)12-10(7-11)5-4-6-10/h4-7,11H2,1-3H3,(H,12,13). The Morgan fingerprint density at radius 1 is 1.44 bits per heavy atom. The number of rotatable bonds is 4. The first kappa shape index (κ1) is 13.4. The van der Waals surface area contributed by atoms with Gasteiger partial charge in [-0.05, 0) is 33.1 Å². The van der Waals surface area contributed by atoms with Crippen LogP contribution in [0.15, 0.2) is 0 Å². The van der Waals surface area contributed by atoms with Crippen LogP contribution in [0.5, 0.6) is 0 Å². The molecule has 3 N–H and O–H groups in total. The molecule has 0 aromatic carbocycles. The van der Waals surface area contributed by atoms with Gasteiger partial charge in [0.1, 0.15) is 4.75 Å². The van der Waals surface area contributed by atoms with E-state index >= 15 is 0 Å². The summed E-state index contributed by atoms with van der Waals surface area (Å²) in [5.41, 5.74) is 5.23. The SMILES string of the molecule is CC(C)(C(=O)NC1(CN)CCC1)S(C)(=O)=O. The molecule has 0 aliphatic heterocycles. The van der Waals surface area contributed by atoms with Crippen LogP contribution < -0.4 is 11.1 Å². The van der Waals surface area contributed by atoms with Gasteiger partial charge in [0.25, 0.3) is 0 Å². The lowest BCUT2D eigenvalue weighted by atomic mass is 9.76. The maximum atomic E-state index is 11.9. The largest absolute Gasteiger partial charge is 0.348 e. The van der Waals surface area contributed by atoms with E-state index in [2.05, 4.69) is 5.32 Å². The van der Waals surface area contributed by atoms with Gasteiger partial charge in [0, 0.05) is 12.8 Å². The molecule has 0 unspecified atom stereocenters. The average molecular weight is 248 g/mol. The van der Waals surface area contributed by atoms with Crippen molar-refractivity contribution in [3.05, 3.63) is 0 Å². The minimum atomic E-state index is -3.42. The number of amides is 1. The summed E-state index contributed by atoms with van der Waals surface area (Å²) >= 11 is 0. The molecule has 0 atom stereocenters. The van der Waals surface area contributed by atoms with Gasteiger partial charge < -0.3 is 11.1 Å². The second-order valence-corrected chi connectivity index (χ2v) is 7.64. The van der Waals surface area contributed by atoms with E-state index in [0.29, 0.717) is 6.54 Å². The summed E-state index contributed by atoms with van der Waals surface area (Å²) in [6.45, 7) is 3.19. The molecule has 0 bridgehead atoms. The van der Waals surface area contributed by atoms with Gasteiger partial charge in [-0.1, -0.05) is 0 Å². The summed E-state index contributed by atoms with van der Waals surface area (Å²) in [4.78, 5) is 11.9. The monoisotopic (exact) mass is 248 g/mol. The van der Waals surface area contributed by atoms with E-state index in [-0.39, 0.29) is 5.54 Å². The number of hydrogen-bond donors (Lipinski definition) is 2. The molecule has 1 aliphatic carbocycles. The lowest BCUT2D eigenvalue weighted by molar-refractivity contribution is -0.125. The Morgan fingerprint density at radius 2 is 1.94 bits per heavy atom. The first-order chi connectivity index (χ1) is 7.15. The highest BCUT2D eigenvalue weighted by Gasteiger charge is 2.44. The number of sulfone groups is 1. The van der Waals surface area contributed by atoms with Crippen LogP contribution in [0.3, 0.4) is 0 Å². The molecule has 0 spiro atoms. The topological polar surface area (TPSA) is 89.3 Å². The number of hydrogen-bond acceptors (Lipinski definition) is 4. The molecule has 0 aromatic heterocycles. The molecule has 5 nitrogen and oxygen atoms in total. The van der Waals surface area contributed by atoms with Gasteiger partial charge in [0.2, 0.25) is 5.91 Å². The summed E-state index contributed by atoms with van der Waals surface area (Å²) in [5.74, 6) is -0.458. The van der Waals surface area contributed by atoms with Crippen molar-refractivity contribution < 1.29 is 13.2 Å². The second kappa shape index (κ2) is 4.00. The second-order valence-electron chi connectivity index (χ2n) is 5.07. The zero-order chi connectivity index (χ0) is 12.6. The molecule has 94 valence electrons. The highest BCUT2D eigenvalue weighted by atomic mass is 32.2. The van der Waals surface area contributed by atoms with Gasteiger partial charge in [-0.3, -0.25) is 4.79 Å². The molecule has 1 rings (SSSR count). The van der Waals surface area contributed by atoms with Crippen LogP contribution in [0.25, 0.3) is 0 Å². The van der Waals surface area contributed by atoms with Crippen LogP contribution in [-0.4, -0.2) is 37.4 Å². The van der Waals surface area contributed by atoms with Crippen LogP contribution in [0.2, 0.25) is 0 Å². The summed E-state index contributed by atoms with van der Waals surface area (Å²) in [5, 5.41) is 2.78. The molecule has 1 saturated carbocycles. The highest BCUT2D eigenvalue weighted by Crippen LogP contribution is 2.31. The van der Waals surface area contributed by atoms with E-state index in [0.717, 1.165) is 25.5 Å². The first-order valence-corrected chi connectivity index (χ1v) is 7.26. The Labute approximate surface area is 96.7 Å². The normalized spacial score (nSPS) is 20.0. The molecule has 0 saturated heterocycles. The Balaban J connectivity index is 2.80. The van der Waals surface area contributed by atoms with E-state index in [1.165, 1.54) is 13.8 Å². The minimum absolute atomic E-state index is 0.360. The predicted molar refractivity (Wildman–Crippen MR) is 62.7 cm³/mol. The fourth-order valence-corrected chi connectivity index (χ4v) is 1.93. The fourth-order valence-electron chi connectivity index (χ4n) is 1.54. The van der Waals surface area contributed by atoms with Crippen LogP contribution in [0.1, 0.15) is 33.1 Å². The lowest BCUT2D eigenvalue weighted by Crippen LogP contribution is -2.62. The van der Waals surface area contributed by atoms with E-state index < -0.39 is 20.5 Å². The Kier molecular flexibility index (Phi) is 3.36. The van der Waals surface area contributed by atoms with E-state index in [1.54, 1.807) is 0 Å². The molecule has 0 aromatic rings. The predicted octanol–water partition coefficient (Wildman–Crippen LogP) is -0.193. The third-order valence-electron chi connectivity index (χ3n) is 3.55. The third kappa shape index (κ3) is 2.22. The zero-order valence-corrected chi connectivity index (χ0v) is 10.9. The van der Waals surface area contributed by atoms with Gasteiger partial charge >= 0.3 is 0 Å². The van der Waals surface area contributed by atoms with Crippen molar-refractivity contribution in [3.8, 4) is 0 Å².